The van der Waals surface area contributed by atoms with E-state index in [0.29, 0.717) is 11.4 Å². The van der Waals surface area contributed by atoms with Crippen LogP contribution in [0.3, 0.4) is 0 Å². The molecule has 0 aromatic heterocycles. The van der Waals surface area contributed by atoms with Gasteiger partial charge in [-0.3, -0.25) is 0 Å². The van der Waals surface area contributed by atoms with E-state index in [1.54, 1.807) is 0 Å². The number of sulfonamides is 1. The van der Waals surface area contributed by atoms with Crippen molar-refractivity contribution in [1.29, 1.82) is 0 Å². The summed E-state index contributed by atoms with van der Waals surface area (Å²) in [6.07, 6.45) is 0.934. The third-order valence-corrected chi connectivity index (χ3v) is 3.78. The number of anilines is 1. The standard InChI is InChI=1S/C14H16N2O3S/c1-2-10-3-5-11(6-4-10)19-14-9-12(20(16,17)18)7-8-13(14)15/h3-9H,2,15H2,1H3,(H2,16,17,18). The smallest absolute Gasteiger partial charge is 0.238 e. The monoisotopic (exact) mass is 292 g/mol. The Morgan fingerprint density at radius 3 is 2.30 bits per heavy atom. The molecule has 6 heteroatoms. The van der Waals surface area contributed by atoms with Gasteiger partial charge >= 0.3 is 0 Å². The summed E-state index contributed by atoms with van der Waals surface area (Å²) in [5.74, 6) is 0.848. The Morgan fingerprint density at radius 2 is 1.75 bits per heavy atom. The highest BCUT2D eigenvalue weighted by atomic mass is 32.2. The molecule has 0 bridgehead atoms. The molecule has 2 rings (SSSR count). The van der Waals surface area contributed by atoms with Crippen molar-refractivity contribution in [3.8, 4) is 11.5 Å². The second kappa shape index (κ2) is 5.52. The number of hydrogen-bond acceptors (Lipinski definition) is 4. The Bertz CT molecular complexity index is 710. The molecule has 4 N–H and O–H groups in total. The van der Waals surface area contributed by atoms with E-state index in [1.165, 1.54) is 23.8 Å². The highest BCUT2D eigenvalue weighted by molar-refractivity contribution is 7.89. The number of benzene rings is 2. The summed E-state index contributed by atoms with van der Waals surface area (Å²) in [5, 5.41) is 5.08. The maximum Gasteiger partial charge on any atom is 0.238 e. The molecule has 106 valence electrons. The van der Waals surface area contributed by atoms with Gasteiger partial charge in [0.1, 0.15) is 5.75 Å². The summed E-state index contributed by atoms with van der Waals surface area (Å²) >= 11 is 0. The normalized spacial score (nSPS) is 11.3. The average Bonchev–Trinajstić information content (AvgIpc) is 2.41. The van der Waals surface area contributed by atoms with Gasteiger partial charge in [-0.1, -0.05) is 19.1 Å². The van der Waals surface area contributed by atoms with Crippen LogP contribution in [-0.4, -0.2) is 8.42 Å². The van der Waals surface area contributed by atoms with E-state index in [2.05, 4.69) is 6.92 Å². The highest BCUT2D eigenvalue weighted by Crippen LogP contribution is 2.29. The maximum atomic E-state index is 11.3. The van der Waals surface area contributed by atoms with Gasteiger partial charge in [-0.05, 0) is 36.2 Å². The second-order valence-corrected chi connectivity index (χ2v) is 5.91. The van der Waals surface area contributed by atoms with Gasteiger partial charge in [0.05, 0.1) is 10.6 Å². The molecule has 0 saturated carbocycles. The fraction of sp³-hybridized carbons (Fsp3) is 0.143. The highest BCUT2D eigenvalue weighted by Gasteiger charge is 2.11. The molecular formula is C14H16N2O3S. The van der Waals surface area contributed by atoms with Crippen LogP contribution in [0.15, 0.2) is 47.4 Å². The number of nitrogens with two attached hydrogens (primary N) is 2. The van der Waals surface area contributed by atoms with Crippen molar-refractivity contribution in [3.05, 3.63) is 48.0 Å². The van der Waals surface area contributed by atoms with Crippen LogP contribution >= 0.6 is 0 Å². The minimum absolute atomic E-state index is 0.0353. The quantitative estimate of drug-likeness (QED) is 0.845. The third kappa shape index (κ3) is 3.28. The lowest BCUT2D eigenvalue weighted by Gasteiger charge is -2.10. The number of nitrogen functional groups attached to an aromatic ring is 1. The Labute approximate surface area is 118 Å². The van der Waals surface area contributed by atoms with Crippen LogP contribution < -0.4 is 15.6 Å². The van der Waals surface area contributed by atoms with Crippen molar-refractivity contribution in [3.63, 3.8) is 0 Å². The minimum atomic E-state index is -3.78. The predicted octanol–water partition coefficient (Wildman–Crippen LogP) is 2.27. The molecule has 0 heterocycles. The molecule has 0 aliphatic rings. The first-order valence-electron chi connectivity index (χ1n) is 6.09. The fourth-order valence-corrected chi connectivity index (χ4v) is 2.23. The molecule has 0 unspecified atom stereocenters. The molecular weight excluding hydrogens is 276 g/mol. The lowest BCUT2D eigenvalue weighted by Crippen LogP contribution is -2.12. The first kappa shape index (κ1) is 14.4. The lowest BCUT2D eigenvalue weighted by molar-refractivity contribution is 0.483. The molecule has 0 atom stereocenters. The van der Waals surface area contributed by atoms with Gasteiger partial charge in [0, 0.05) is 6.07 Å². The zero-order chi connectivity index (χ0) is 14.8. The van der Waals surface area contributed by atoms with Crippen LogP contribution in [0.5, 0.6) is 11.5 Å². The summed E-state index contributed by atoms with van der Waals surface area (Å²) in [7, 11) is -3.78. The van der Waals surface area contributed by atoms with Gasteiger partial charge in [-0.25, -0.2) is 13.6 Å². The molecule has 0 radical (unpaired) electrons. The van der Waals surface area contributed by atoms with Crippen molar-refractivity contribution < 1.29 is 13.2 Å². The van der Waals surface area contributed by atoms with E-state index >= 15 is 0 Å². The van der Waals surface area contributed by atoms with Gasteiger partial charge in [-0.15, -0.1) is 0 Å². The molecule has 0 aliphatic heterocycles. The zero-order valence-corrected chi connectivity index (χ0v) is 11.9. The summed E-state index contributed by atoms with van der Waals surface area (Å²) < 4.78 is 28.2. The summed E-state index contributed by atoms with van der Waals surface area (Å²) in [4.78, 5) is -0.0353. The molecule has 0 spiro atoms. The van der Waals surface area contributed by atoms with E-state index in [1.807, 2.05) is 24.3 Å². The van der Waals surface area contributed by atoms with Crippen molar-refractivity contribution in [1.82, 2.24) is 0 Å². The van der Waals surface area contributed by atoms with E-state index in [9.17, 15) is 8.42 Å². The minimum Gasteiger partial charge on any atom is -0.455 e. The topological polar surface area (TPSA) is 95.4 Å². The lowest BCUT2D eigenvalue weighted by atomic mass is 10.2. The molecule has 20 heavy (non-hydrogen) atoms. The average molecular weight is 292 g/mol. The van der Waals surface area contributed by atoms with Crippen LogP contribution in [0.25, 0.3) is 0 Å². The largest absolute Gasteiger partial charge is 0.455 e. The van der Waals surface area contributed by atoms with Crippen LogP contribution in [-0.2, 0) is 16.4 Å². The van der Waals surface area contributed by atoms with Gasteiger partial charge < -0.3 is 10.5 Å². The van der Waals surface area contributed by atoms with Gasteiger partial charge in [0.15, 0.2) is 5.75 Å². The SMILES string of the molecule is CCc1ccc(Oc2cc(S(N)(=O)=O)ccc2N)cc1. The fourth-order valence-electron chi connectivity index (χ4n) is 1.70. The molecule has 2 aromatic carbocycles. The van der Waals surface area contributed by atoms with E-state index in [4.69, 9.17) is 15.6 Å². The van der Waals surface area contributed by atoms with Crippen molar-refractivity contribution in [2.24, 2.45) is 5.14 Å². The number of aryl methyl sites for hydroxylation is 1. The Balaban J connectivity index is 2.32. The van der Waals surface area contributed by atoms with E-state index < -0.39 is 10.0 Å². The van der Waals surface area contributed by atoms with Crippen molar-refractivity contribution in [2.75, 3.05) is 5.73 Å². The molecule has 5 nitrogen and oxygen atoms in total. The van der Waals surface area contributed by atoms with Crippen molar-refractivity contribution in [2.45, 2.75) is 18.2 Å². The number of rotatable bonds is 4. The number of ether oxygens (including phenoxy) is 1. The Morgan fingerprint density at radius 1 is 1.10 bits per heavy atom. The van der Waals surface area contributed by atoms with Gasteiger partial charge in [0.25, 0.3) is 0 Å². The first-order valence-corrected chi connectivity index (χ1v) is 7.64. The summed E-state index contributed by atoms with van der Waals surface area (Å²) in [5.41, 5.74) is 7.30. The Hall–Kier alpha value is -2.05. The molecule has 0 fully saturated rings. The van der Waals surface area contributed by atoms with E-state index in [-0.39, 0.29) is 10.6 Å². The van der Waals surface area contributed by atoms with Crippen LogP contribution in [0.1, 0.15) is 12.5 Å². The molecule has 0 saturated heterocycles. The van der Waals surface area contributed by atoms with Crippen LogP contribution in [0, 0.1) is 0 Å². The third-order valence-electron chi connectivity index (χ3n) is 2.87. The first-order chi connectivity index (χ1) is 9.40. The molecule has 0 aliphatic carbocycles. The predicted molar refractivity (Wildman–Crippen MR) is 78.1 cm³/mol. The van der Waals surface area contributed by atoms with Crippen LogP contribution in [0.2, 0.25) is 0 Å². The zero-order valence-electron chi connectivity index (χ0n) is 11.0. The number of primary sulfonamides is 1. The van der Waals surface area contributed by atoms with Crippen LogP contribution in [0.4, 0.5) is 5.69 Å². The Kier molecular flexibility index (Phi) is 3.96. The maximum absolute atomic E-state index is 11.3. The number of hydrogen-bond donors (Lipinski definition) is 2. The summed E-state index contributed by atoms with van der Waals surface area (Å²) in [6.45, 7) is 2.06. The second-order valence-electron chi connectivity index (χ2n) is 4.34. The molecule has 2 aromatic rings. The van der Waals surface area contributed by atoms with Gasteiger partial charge in [-0.2, -0.15) is 0 Å². The summed E-state index contributed by atoms with van der Waals surface area (Å²) in [6, 6.07) is 11.6. The van der Waals surface area contributed by atoms with E-state index in [0.717, 1.165) is 6.42 Å². The van der Waals surface area contributed by atoms with Crippen molar-refractivity contribution >= 4 is 15.7 Å². The molecule has 0 amide bonds. The van der Waals surface area contributed by atoms with Gasteiger partial charge in [0.2, 0.25) is 10.0 Å².